The zero-order valence-electron chi connectivity index (χ0n) is 21.1. The Morgan fingerprint density at radius 2 is 1.40 bits per heavy atom. The number of nitrogens with one attached hydrogen (secondary N) is 3. The van der Waals surface area contributed by atoms with E-state index in [9.17, 15) is 24.3 Å². The van der Waals surface area contributed by atoms with Gasteiger partial charge in [0, 0.05) is 6.42 Å². The number of carbonyl (C=O) groups is 4. The van der Waals surface area contributed by atoms with Crippen LogP contribution in [0.5, 0.6) is 0 Å². The molecule has 0 aliphatic rings. The molecule has 0 radical (unpaired) electrons. The second kappa shape index (κ2) is 15.1. The molecule has 1 aromatic rings. The number of nitrogens with two attached hydrogens (primary N) is 2. The van der Waals surface area contributed by atoms with Gasteiger partial charge in [0.15, 0.2) is 0 Å². The molecule has 0 aliphatic carbocycles. The second-order valence-corrected chi connectivity index (χ2v) is 9.44. The van der Waals surface area contributed by atoms with Crippen molar-refractivity contribution >= 4 is 23.7 Å². The monoisotopic (exact) mass is 491 g/mol. The maximum atomic E-state index is 13.2. The highest BCUT2D eigenvalue weighted by atomic mass is 16.4. The van der Waals surface area contributed by atoms with E-state index < -0.39 is 47.9 Å². The molecule has 0 spiro atoms. The average Bonchev–Trinajstić information content (AvgIpc) is 2.80. The number of carbonyl (C=O) groups excluding carboxylic acids is 3. The van der Waals surface area contributed by atoms with Crippen LogP contribution in [0.1, 0.15) is 52.5 Å². The molecule has 0 bridgehead atoms. The van der Waals surface area contributed by atoms with Crippen LogP contribution < -0.4 is 27.4 Å². The summed E-state index contributed by atoms with van der Waals surface area (Å²) in [6.45, 7) is 7.43. The Morgan fingerprint density at radius 1 is 0.829 bits per heavy atom. The smallest absolute Gasteiger partial charge is 0.326 e. The molecule has 3 amide bonds. The van der Waals surface area contributed by atoms with Crippen LogP contribution in [0.3, 0.4) is 0 Å². The standard InChI is InChI=1S/C25H41N5O5/c1-15(2)20(29-22(31)18(27)12-8-9-13-26)24(33)28-19(14-17-10-6-5-7-11-17)23(32)30-21(16(3)4)25(34)35/h5-7,10-11,15-16,18-21H,8-9,12-14,26-27H2,1-4H3,(H,28,33)(H,29,31)(H,30,32)(H,34,35). The number of unbranched alkanes of at least 4 members (excludes halogenated alkanes) is 1. The van der Waals surface area contributed by atoms with E-state index in [-0.39, 0.29) is 18.3 Å². The highest BCUT2D eigenvalue weighted by Crippen LogP contribution is 2.09. The van der Waals surface area contributed by atoms with Gasteiger partial charge in [-0.05, 0) is 36.8 Å². The summed E-state index contributed by atoms with van der Waals surface area (Å²) in [5, 5.41) is 17.4. The molecule has 0 aliphatic heterocycles. The highest BCUT2D eigenvalue weighted by molar-refractivity contribution is 5.94. The third-order valence-corrected chi connectivity index (χ3v) is 5.70. The summed E-state index contributed by atoms with van der Waals surface area (Å²) in [7, 11) is 0. The van der Waals surface area contributed by atoms with Gasteiger partial charge in [0.05, 0.1) is 6.04 Å². The first-order valence-electron chi connectivity index (χ1n) is 12.1. The van der Waals surface area contributed by atoms with Gasteiger partial charge in [0.1, 0.15) is 18.1 Å². The van der Waals surface area contributed by atoms with Gasteiger partial charge < -0.3 is 32.5 Å². The average molecular weight is 492 g/mol. The predicted octanol–water partition coefficient (Wildman–Crippen LogP) is 0.536. The summed E-state index contributed by atoms with van der Waals surface area (Å²) in [6, 6.07) is 5.23. The molecule has 35 heavy (non-hydrogen) atoms. The van der Waals surface area contributed by atoms with Crippen LogP contribution in [0, 0.1) is 11.8 Å². The summed E-state index contributed by atoms with van der Waals surface area (Å²) in [6.07, 6.45) is 2.04. The number of benzene rings is 1. The molecule has 0 aromatic heterocycles. The SMILES string of the molecule is CC(C)C(NC(=O)C(Cc1ccccc1)NC(=O)C(NC(=O)C(N)CCCCN)C(C)C)C(=O)O. The number of amides is 3. The van der Waals surface area contributed by atoms with Gasteiger partial charge in [-0.1, -0.05) is 64.4 Å². The molecule has 0 saturated carbocycles. The topological polar surface area (TPSA) is 177 Å². The summed E-state index contributed by atoms with van der Waals surface area (Å²) in [4.78, 5) is 50.4. The molecule has 0 fully saturated rings. The van der Waals surface area contributed by atoms with E-state index in [1.54, 1.807) is 27.7 Å². The third-order valence-electron chi connectivity index (χ3n) is 5.70. The molecule has 8 N–H and O–H groups in total. The predicted molar refractivity (Wildman–Crippen MR) is 134 cm³/mol. The van der Waals surface area contributed by atoms with Crippen LogP contribution in [0.15, 0.2) is 30.3 Å². The number of hydrogen-bond donors (Lipinski definition) is 6. The maximum Gasteiger partial charge on any atom is 0.326 e. The minimum absolute atomic E-state index is 0.153. The fourth-order valence-electron chi connectivity index (χ4n) is 3.52. The maximum absolute atomic E-state index is 13.2. The molecule has 4 atom stereocenters. The molecule has 0 heterocycles. The number of aliphatic carboxylic acids is 1. The van der Waals surface area contributed by atoms with E-state index in [1.807, 2.05) is 30.3 Å². The van der Waals surface area contributed by atoms with E-state index in [1.165, 1.54) is 0 Å². The summed E-state index contributed by atoms with van der Waals surface area (Å²) in [5.74, 6) is -3.41. The minimum atomic E-state index is -1.16. The molecule has 1 rings (SSSR count). The Balaban J connectivity index is 3.02. The van der Waals surface area contributed by atoms with Crippen LogP contribution in [-0.4, -0.2) is 59.5 Å². The van der Waals surface area contributed by atoms with E-state index in [0.717, 1.165) is 12.0 Å². The van der Waals surface area contributed by atoms with Gasteiger partial charge in [-0.3, -0.25) is 14.4 Å². The zero-order chi connectivity index (χ0) is 26.5. The van der Waals surface area contributed by atoms with Crippen LogP contribution in [0.25, 0.3) is 0 Å². The van der Waals surface area contributed by atoms with Crippen molar-refractivity contribution < 1.29 is 24.3 Å². The van der Waals surface area contributed by atoms with E-state index in [0.29, 0.717) is 19.4 Å². The van der Waals surface area contributed by atoms with Gasteiger partial charge in [-0.2, -0.15) is 0 Å². The summed E-state index contributed by atoms with van der Waals surface area (Å²) in [5.41, 5.74) is 12.2. The first kappa shape index (κ1) is 30.1. The molecule has 4 unspecified atom stereocenters. The van der Waals surface area contributed by atoms with Gasteiger partial charge in [-0.25, -0.2) is 4.79 Å². The van der Waals surface area contributed by atoms with Crippen molar-refractivity contribution in [2.24, 2.45) is 23.3 Å². The van der Waals surface area contributed by atoms with Crippen LogP contribution >= 0.6 is 0 Å². The van der Waals surface area contributed by atoms with Crippen molar-refractivity contribution in [3.8, 4) is 0 Å². The summed E-state index contributed by atoms with van der Waals surface area (Å²) < 4.78 is 0. The molecular weight excluding hydrogens is 450 g/mol. The number of carboxylic acid groups (broad SMARTS) is 1. The fourth-order valence-corrected chi connectivity index (χ4v) is 3.52. The van der Waals surface area contributed by atoms with Crippen molar-refractivity contribution in [1.29, 1.82) is 0 Å². The number of hydrogen-bond acceptors (Lipinski definition) is 6. The van der Waals surface area contributed by atoms with Gasteiger partial charge in [0.25, 0.3) is 0 Å². The van der Waals surface area contributed by atoms with Crippen molar-refractivity contribution in [3.05, 3.63) is 35.9 Å². The van der Waals surface area contributed by atoms with E-state index >= 15 is 0 Å². The minimum Gasteiger partial charge on any atom is -0.480 e. The Bertz CT molecular complexity index is 831. The first-order valence-corrected chi connectivity index (χ1v) is 12.1. The molecule has 10 heteroatoms. The second-order valence-electron chi connectivity index (χ2n) is 9.44. The lowest BCUT2D eigenvalue weighted by atomic mass is 9.99. The van der Waals surface area contributed by atoms with Crippen molar-refractivity contribution in [2.45, 2.75) is 77.5 Å². The molecular formula is C25H41N5O5. The molecule has 0 saturated heterocycles. The lowest BCUT2D eigenvalue weighted by Crippen LogP contribution is -2.59. The Labute approximate surface area is 207 Å². The fraction of sp³-hybridized carbons (Fsp3) is 0.600. The quantitative estimate of drug-likeness (QED) is 0.194. The Hall–Kier alpha value is -2.98. The lowest BCUT2D eigenvalue weighted by Gasteiger charge is -2.27. The first-order chi connectivity index (χ1) is 16.5. The Kier molecular flexibility index (Phi) is 13.0. The highest BCUT2D eigenvalue weighted by Gasteiger charge is 2.32. The van der Waals surface area contributed by atoms with E-state index in [2.05, 4.69) is 16.0 Å². The van der Waals surface area contributed by atoms with Crippen molar-refractivity contribution in [2.75, 3.05) is 6.54 Å². The largest absolute Gasteiger partial charge is 0.480 e. The van der Waals surface area contributed by atoms with Crippen molar-refractivity contribution in [1.82, 2.24) is 16.0 Å². The Morgan fingerprint density at radius 3 is 1.91 bits per heavy atom. The third kappa shape index (κ3) is 10.4. The van der Waals surface area contributed by atoms with Crippen LogP contribution in [0.2, 0.25) is 0 Å². The normalized spacial score (nSPS) is 14.6. The van der Waals surface area contributed by atoms with E-state index in [4.69, 9.17) is 11.5 Å². The zero-order valence-corrected chi connectivity index (χ0v) is 21.1. The molecule has 196 valence electrons. The number of carboxylic acids is 1. The molecule has 10 nitrogen and oxygen atoms in total. The van der Waals surface area contributed by atoms with Crippen molar-refractivity contribution in [3.63, 3.8) is 0 Å². The van der Waals surface area contributed by atoms with Gasteiger partial charge in [0.2, 0.25) is 17.7 Å². The van der Waals surface area contributed by atoms with Gasteiger partial charge in [-0.15, -0.1) is 0 Å². The van der Waals surface area contributed by atoms with Crippen LogP contribution in [-0.2, 0) is 25.6 Å². The van der Waals surface area contributed by atoms with Gasteiger partial charge >= 0.3 is 5.97 Å². The number of rotatable bonds is 15. The summed E-state index contributed by atoms with van der Waals surface area (Å²) >= 11 is 0. The lowest BCUT2D eigenvalue weighted by molar-refractivity contribution is -0.143. The molecule has 1 aromatic carbocycles. The van der Waals surface area contributed by atoms with Crippen LogP contribution in [0.4, 0.5) is 0 Å².